The van der Waals surface area contributed by atoms with Gasteiger partial charge in [0.05, 0.1) is 24.4 Å². The lowest BCUT2D eigenvalue weighted by atomic mass is 9.89. The van der Waals surface area contributed by atoms with E-state index in [-0.39, 0.29) is 30.0 Å². The molecule has 1 aromatic carbocycles. The number of hydrogen-bond donors (Lipinski definition) is 3. The monoisotopic (exact) mass is 457 g/mol. The van der Waals surface area contributed by atoms with Gasteiger partial charge in [-0.25, -0.2) is 0 Å². The fraction of sp³-hybridized carbons (Fsp3) is 0.607. The summed E-state index contributed by atoms with van der Waals surface area (Å²) in [5.74, 6) is 0.224. The van der Waals surface area contributed by atoms with Gasteiger partial charge in [-0.1, -0.05) is 54.6 Å². The van der Waals surface area contributed by atoms with Gasteiger partial charge in [-0.2, -0.15) is 0 Å². The lowest BCUT2D eigenvalue weighted by molar-refractivity contribution is -0.121. The Morgan fingerprint density at radius 1 is 1.24 bits per heavy atom. The average molecular weight is 458 g/mol. The van der Waals surface area contributed by atoms with Crippen LogP contribution in [0.3, 0.4) is 0 Å². The highest BCUT2D eigenvalue weighted by molar-refractivity contribution is 5.75. The van der Waals surface area contributed by atoms with Gasteiger partial charge in [0.15, 0.2) is 0 Å². The number of nitrogens with one attached hydrogen (secondary N) is 1. The van der Waals surface area contributed by atoms with Crippen molar-refractivity contribution < 1.29 is 19.7 Å². The molecule has 2 rings (SSSR count). The molecular formula is C28H43NO4. The molecule has 5 nitrogen and oxygen atoms in total. The SMILES string of the molecule is CCNC(=O)CCC/C=C\C[C@H]1C(O)C[C@@H](OC(C)C)[C@@H]1/C=C/[C@@H](O)CCc1ccccc1. The standard InChI is InChI=1S/C28H43NO4/c1-4-29-28(32)15-11-6-5-10-14-24-25(27(20-26(24)31)33-21(2)3)19-18-23(30)17-16-22-12-8-7-9-13-22/h5,7-10,12-13,18-19,21,23-27,30-31H,4,6,11,14-17,20H2,1-3H3,(H,29,32)/b10-5-,19-18+/t23-,24+,25+,26?,27+/m0/s1. The van der Waals surface area contributed by atoms with Crippen molar-refractivity contribution in [3.63, 3.8) is 0 Å². The summed E-state index contributed by atoms with van der Waals surface area (Å²) in [4.78, 5) is 11.5. The van der Waals surface area contributed by atoms with E-state index in [1.807, 2.05) is 45.0 Å². The fourth-order valence-electron chi connectivity index (χ4n) is 4.53. The Hall–Kier alpha value is -1.95. The fourth-order valence-corrected chi connectivity index (χ4v) is 4.53. The van der Waals surface area contributed by atoms with Gasteiger partial charge in [0.2, 0.25) is 5.91 Å². The van der Waals surface area contributed by atoms with Crippen LogP contribution in [0.2, 0.25) is 0 Å². The zero-order valence-corrected chi connectivity index (χ0v) is 20.5. The van der Waals surface area contributed by atoms with Crippen LogP contribution in [-0.2, 0) is 16.0 Å². The summed E-state index contributed by atoms with van der Waals surface area (Å²) < 4.78 is 6.12. The van der Waals surface area contributed by atoms with E-state index < -0.39 is 12.2 Å². The summed E-state index contributed by atoms with van der Waals surface area (Å²) in [6.07, 6.45) is 12.4. The van der Waals surface area contributed by atoms with Gasteiger partial charge in [-0.3, -0.25) is 4.79 Å². The molecule has 1 amide bonds. The van der Waals surface area contributed by atoms with Crippen molar-refractivity contribution in [1.29, 1.82) is 0 Å². The Labute approximate surface area is 199 Å². The first-order valence-corrected chi connectivity index (χ1v) is 12.6. The van der Waals surface area contributed by atoms with Crippen molar-refractivity contribution in [3.8, 4) is 0 Å². The smallest absolute Gasteiger partial charge is 0.219 e. The number of benzene rings is 1. The molecule has 1 unspecified atom stereocenters. The molecule has 0 aromatic heterocycles. The van der Waals surface area contributed by atoms with Crippen molar-refractivity contribution in [2.24, 2.45) is 11.8 Å². The Morgan fingerprint density at radius 2 is 2.00 bits per heavy atom. The Balaban J connectivity index is 1.90. The molecule has 5 heteroatoms. The summed E-state index contributed by atoms with van der Waals surface area (Å²) in [5, 5.41) is 24.1. The van der Waals surface area contributed by atoms with Crippen molar-refractivity contribution in [2.45, 2.75) is 90.1 Å². The highest BCUT2D eigenvalue weighted by atomic mass is 16.5. The molecule has 0 heterocycles. The van der Waals surface area contributed by atoms with E-state index >= 15 is 0 Å². The van der Waals surface area contributed by atoms with E-state index in [1.165, 1.54) is 5.56 Å². The number of aryl methyl sites for hydroxylation is 1. The van der Waals surface area contributed by atoms with E-state index in [1.54, 1.807) is 0 Å². The van der Waals surface area contributed by atoms with Gasteiger partial charge in [0.1, 0.15) is 0 Å². The normalized spacial score (nSPS) is 24.2. The van der Waals surface area contributed by atoms with Crippen LogP contribution >= 0.6 is 0 Å². The second-order valence-electron chi connectivity index (χ2n) is 9.30. The first-order valence-electron chi connectivity index (χ1n) is 12.6. The maximum Gasteiger partial charge on any atom is 0.219 e. The molecule has 0 aliphatic heterocycles. The van der Waals surface area contributed by atoms with Crippen molar-refractivity contribution >= 4 is 5.91 Å². The van der Waals surface area contributed by atoms with Crippen LogP contribution in [0.1, 0.15) is 64.9 Å². The number of ether oxygens (including phenoxy) is 1. The number of amides is 1. The Morgan fingerprint density at radius 3 is 2.70 bits per heavy atom. The summed E-state index contributed by atoms with van der Waals surface area (Å²) in [6.45, 7) is 6.63. The number of aliphatic hydroxyl groups is 2. The molecular weight excluding hydrogens is 414 g/mol. The number of allylic oxidation sites excluding steroid dienone is 2. The molecule has 0 spiro atoms. The largest absolute Gasteiger partial charge is 0.393 e. The predicted molar refractivity (Wildman–Crippen MR) is 134 cm³/mol. The topological polar surface area (TPSA) is 78.8 Å². The third kappa shape index (κ3) is 10.2. The minimum atomic E-state index is -0.520. The number of unbranched alkanes of at least 4 members (excludes halogenated alkanes) is 1. The third-order valence-corrected chi connectivity index (χ3v) is 6.19. The lowest BCUT2D eigenvalue weighted by Gasteiger charge is -2.24. The zero-order chi connectivity index (χ0) is 24.1. The van der Waals surface area contributed by atoms with Gasteiger partial charge in [0.25, 0.3) is 0 Å². The number of rotatable bonds is 14. The molecule has 0 radical (unpaired) electrons. The van der Waals surface area contributed by atoms with Crippen LogP contribution in [0.25, 0.3) is 0 Å². The van der Waals surface area contributed by atoms with Gasteiger partial charge >= 0.3 is 0 Å². The molecule has 1 fully saturated rings. The molecule has 1 saturated carbocycles. The van der Waals surface area contributed by atoms with Crippen LogP contribution in [0.5, 0.6) is 0 Å². The summed E-state index contributed by atoms with van der Waals surface area (Å²) in [7, 11) is 0. The predicted octanol–water partition coefficient (Wildman–Crippen LogP) is 4.58. The maximum atomic E-state index is 11.5. The van der Waals surface area contributed by atoms with Gasteiger partial charge < -0.3 is 20.3 Å². The molecule has 33 heavy (non-hydrogen) atoms. The molecule has 5 atom stereocenters. The second kappa shape index (κ2) is 15.0. The quantitative estimate of drug-likeness (QED) is 0.282. The van der Waals surface area contributed by atoms with E-state index in [9.17, 15) is 15.0 Å². The van der Waals surface area contributed by atoms with Gasteiger partial charge in [0, 0.05) is 25.3 Å². The van der Waals surface area contributed by atoms with Gasteiger partial charge in [-0.15, -0.1) is 0 Å². The minimum Gasteiger partial charge on any atom is -0.393 e. The molecule has 0 bridgehead atoms. The molecule has 1 aromatic rings. The Kier molecular flexibility index (Phi) is 12.4. The Bertz CT molecular complexity index is 731. The van der Waals surface area contributed by atoms with Crippen LogP contribution in [0, 0.1) is 11.8 Å². The summed E-state index contributed by atoms with van der Waals surface area (Å²) in [5.41, 5.74) is 1.22. The molecule has 1 aliphatic rings. The van der Waals surface area contributed by atoms with Crippen molar-refractivity contribution in [1.82, 2.24) is 5.32 Å². The zero-order valence-electron chi connectivity index (χ0n) is 20.5. The van der Waals surface area contributed by atoms with Crippen molar-refractivity contribution in [2.75, 3.05) is 6.54 Å². The first kappa shape index (κ1) is 27.3. The van der Waals surface area contributed by atoms with E-state index in [0.29, 0.717) is 25.8 Å². The summed E-state index contributed by atoms with van der Waals surface area (Å²) in [6, 6.07) is 10.2. The van der Waals surface area contributed by atoms with Crippen LogP contribution in [0.15, 0.2) is 54.6 Å². The average Bonchev–Trinajstić information content (AvgIpc) is 3.07. The maximum absolute atomic E-state index is 11.5. The second-order valence-corrected chi connectivity index (χ2v) is 9.30. The van der Waals surface area contributed by atoms with Crippen molar-refractivity contribution in [3.05, 3.63) is 60.2 Å². The van der Waals surface area contributed by atoms with Gasteiger partial charge in [-0.05, 0) is 64.4 Å². The highest BCUT2D eigenvalue weighted by Gasteiger charge is 2.41. The first-order chi connectivity index (χ1) is 15.9. The number of hydrogen-bond acceptors (Lipinski definition) is 4. The lowest BCUT2D eigenvalue weighted by Crippen LogP contribution is -2.24. The van der Waals surface area contributed by atoms with E-state index in [4.69, 9.17) is 4.74 Å². The summed E-state index contributed by atoms with van der Waals surface area (Å²) >= 11 is 0. The molecule has 3 N–H and O–H groups in total. The van der Waals surface area contributed by atoms with E-state index in [0.717, 1.165) is 25.7 Å². The number of carbonyl (C=O) groups is 1. The number of carbonyl (C=O) groups excluding carboxylic acids is 1. The van der Waals surface area contributed by atoms with Crippen LogP contribution in [-0.4, -0.2) is 47.1 Å². The molecule has 184 valence electrons. The van der Waals surface area contributed by atoms with Crippen LogP contribution < -0.4 is 5.32 Å². The number of aliphatic hydroxyl groups excluding tert-OH is 2. The van der Waals surface area contributed by atoms with Crippen LogP contribution in [0.4, 0.5) is 0 Å². The minimum absolute atomic E-state index is 0.0475. The molecule has 1 aliphatic carbocycles. The third-order valence-electron chi connectivity index (χ3n) is 6.19. The van der Waals surface area contributed by atoms with E-state index in [2.05, 4.69) is 35.7 Å². The highest BCUT2D eigenvalue weighted by Crippen LogP contribution is 2.38. The molecule has 0 saturated heterocycles.